The molecule has 15 heteroatoms. The molecule has 0 saturated carbocycles. The Morgan fingerprint density at radius 3 is 1.77 bits per heavy atom. The maximum Gasteiger partial charge on any atom is 0.302 e. The molecule has 0 unspecified atom stereocenters. The molecule has 5 aromatic rings. The number of amides is 2. The van der Waals surface area contributed by atoms with Crippen LogP contribution < -0.4 is 4.74 Å². The second kappa shape index (κ2) is 11.1. The highest BCUT2D eigenvalue weighted by molar-refractivity contribution is 6.39. The van der Waals surface area contributed by atoms with Crippen molar-refractivity contribution in [1.82, 2.24) is 9.97 Å². The number of benzene rings is 3. The Labute approximate surface area is 244 Å². The largest absolute Gasteiger partial charge is 0.493 e. The van der Waals surface area contributed by atoms with Gasteiger partial charge in [-0.3, -0.25) is 9.59 Å². The van der Waals surface area contributed by atoms with Gasteiger partial charge in [0.05, 0.1) is 21.1 Å². The first-order chi connectivity index (χ1) is 19.1. The van der Waals surface area contributed by atoms with Crippen molar-refractivity contribution in [3.63, 3.8) is 0 Å². The number of nitrogens with zero attached hydrogens (tertiary/aromatic N) is 4. The number of rotatable bonds is 6. The summed E-state index contributed by atoms with van der Waals surface area (Å²) in [5.74, 6) is -1.83. The summed E-state index contributed by atoms with van der Waals surface area (Å²) in [5.41, 5.74) is 0.962. The van der Waals surface area contributed by atoms with E-state index in [4.69, 9.17) is 51.1 Å². The fourth-order valence-electron chi connectivity index (χ4n) is 3.71. The Kier molecular flexibility index (Phi) is 7.63. The third-order valence-electron chi connectivity index (χ3n) is 5.52. The number of carbonyl (C=O) groups is 2. The van der Waals surface area contributed by atoms with Gasteiger partial charge in [-0.15, -0.1) is 20.5 Å². The van der Waals surface area contributed by atoms with E-state index in [1.165, 1.54) is 48.5 Å². The van der Waals surface area contributed by atoms with E-state index in [2.05, 4.69) is 30.4 Å². The van der Waals surface area contributed by atoms with Gasteiger partial charge >= 0.3 is 5.91 Å². The Morgan fingerprint density at radius 2 is 1.25 bits per heavy atom. The highest BCUT2D eigenvalue weighted by Gasteiger charge is 2.16. The van der Waals surface area contributed by atoms with Crippen LogP contribution in [0.2, 0.25) is 20.1 Å². The number of aromatic amines is 2. The number of H-pyrrole nitrogens is 2. The van der Waals surface area contributed by atoms with E-state index in [9.17, 15) is 19.8 Å². The van der Waals surface area contributed by atoms with Crippen LogP contribution in [0.4, 0.5) is 11.4 Å². The Morgan fingerprint density at radius 1 is 0.750 bits per heavy atom. The molecule has 4 N–H and O–H groups in total. The number of nitrogens with one attached hydrogen (secondary N) is 2. The Balaban J connectivity index is 1.22. The lowest BCUT2D eigenvalue weighted by Crippen LogP contribution is -2.08. The quantitative estimate of drug-likeness (QED) is 0.140. The van der Waals surface area contributed by atoms with Crippen molar-refractivity contribution >= 4 is 91.4 Å². The molecule has 0 saturated heterocycles. The molecule has 5 rings (SSSR count). The lowest BCUT2D eigenvalue weighted by Gasteiger charge is -2.03. The van der Waals surface area contributed by atoms with Gasteiger partial charge in [0.25, 0.3) is 5.91 Å². The number of fused-ring (bicyclic) bond motifs is 2. The summed E-state index contributed by atoms with van der Waals surface area (Å²) in [6.45, 7) is -0.466. The topological polar surface area (TPSA) is 165 Å². The van der Waals surface area contributed by atoms with Crippen LogP contribution >= 0.6 is 46.4 Å². The summed E-state index contributed by atoms with van der Waals surface area (Å²) in [5, 5.41) is 37.1. The number of ether oxygens (including phenoxy) is 1. The zero-order chi connectivity index (χ0) is 28.6. The molecule has 0 aliphatic heterocycles. The van der Waals surface area contributed by atoms with E-state index in [0.717, 1.165) is 0 Å². The molecule has 0 aliphatic carbocycles. The van der Waals surface area contributed by atoms with Crippen LogP contribution in [-0.2, 0) is 4.79 Å². The molecular formula is C25H14Cl4N6O5. The summed E-state index contributed by atoms with van der Waals surface area (Å²) >= 11 is 24.2. The summed E-state index contributed by atoms with van der Waals surface area (Å²) < 4.78 is 5.39. The van der Waals surface area contributed by atoms with Crippen molar-refractivity contribution < 1.29 is 24.5 Å². The van der Waals surface area contributed by atoms with Crippen LogP contribution in [0.5, 0.6) is 17.5 Å². The normalized spacial score (nSPS) is 11.8. The van der Waals surface area contributed by atoms with E-state index in [0.29, 0.717) is 31.9 Å². The van der Waals surface area contributed by atoms with Crippen molar-refractivity contribution in [2.75, 3.05) is 6.61 Å². The summed E-state index contributed by atoms with van der Waals surface area (Å²) in [6.07, 6.45) is 0. The van der Waals surface area contributed by atoms with Crippen LogP contribution in [0.15, 0.2) is 69.0 Å². The molecule has 0 aliphatic rings. The molecule has 0 fully saturated rings. The maximum absolute atomic E-state index is 12.5. The lowest BCUT2D eigenvalue weighted by molar-refractivity contribution is -0.120. The van der Waals surface area contributed by atoms with Gasteiger partial charge in [0.1, 0.15) is 5.75 Å². The zero-order valence-electron chi connectivity index (χ0n) is 19.7. The SMILES string of the molecule is O=C(COc1ccc(C(=O)N=Nc2c(O)[nH]c3c(Cl)cc(Cl)cc23)cc1)N=Nc1c(O)[nH]c2c(Cl)cc(Cl)cc12. The molecule has 0 bridgehead atoms. The average Bonchev–Trinajstić information content (AvgIpc) is 3.40. The first-order valence-corrected chi connectivity index (χ1v) is 12.6. The van der Waals surface area contributed by atoms with Crippen molar-refractivity contribution in [3.8, 4) is 17.5 Å². The third kappa shape index (κ3) is 5.58. The highest BCUT2D eigenvalue weighted by atomic mass is 35.5. The van der Waals surface area contributed by atoms with Crippen LogP contribution in [0, 0.1) is 0 Å². The molecule has 2 amide bonds. The minimum Gasteiger partial charge on any atom is -0.493 e. The monoisotopic (exact) mass is 618 g/mol. The number of hydrogen-bond acceptors (Lipinski definition) is 7. The predicted octanol–water partition coefficient (Wildman–Crippen LogP) is 8.29. The minimum atomic E-state index is -0.741. The highest BCUT2D eigenvalue weighted by Crippen LogP contribution is 2.41. The van der Waals surface area contributed by atoms with Gasteiger partial charge in [0.2, 0.25) is 11.8 Å². The van der Waals surface area contributed by atoms with Gasteiger partial charge in [-0.2, -0.15) is 0 Å². The fourth-order valence-corrected chi connectivity index (χ4v) is 4.80. The maximum atomic E-state index is 12.5. The first-order valence-electron chi connectivity index (χ1n) is 11.1. The van der Waals surface area contributed by atoms with Crippen LogP contribution in [0.25, 0.3) is 21.8 Å². The van der Waals surface area contributed by atoms with Gasteiger partial charge in [-0.25, -0.2) is 0 Å². The molecule has 3 aromatic carbocycles. The Hall–Kier alpha value is -4.16. The minimum absolute atomic E-state index is 0.00284. The molecule has 0 radical (unpaired) electrons. The van der Waals surface area contributed by atoms with Crippen LogP contribution in [0.3, 0.4) is 0 Å². The van der Waals surface area contributed by atoms with Crippen molar-refractivity contribution in [2.24, 2.45) is 20.5 Å². The van der Waals surface area contributed by atoms with E-state index in [-0.39, 0.29) is 44.5 Å². The number of aromatic nitrogens is 2. The fraction of sp³-hybridized carbons (Fsp3) is 0.0400. The molecule has 40 heavy (non-hydrogen) atoms. The molecule has 2 aromatic heterocycles. The number of halogens is 4. The number of hydrogen-bond donors (Lipinski definition) is 4. The Bertz CT molecular complexity index is 1860. The van der Waals surface area contributed by atoms with Crippen LogP contribution in [0.1, 0.15) is 10.4 Å². The molecule has 202 valence electrons. The predicted molar refractivity (Wildman–Crippen MR) is 150 cm³/mol. The van der Waals surface area contributed by atoms with Crippen LogP contribution in [-0.4, -0.2) is 38.6 Å². The summed E-state index contributed by atoms with van der Waals surface area (Å²) in [6, 6.07) is 11.8. The first kappa shape index (κ1) is 27.4. The summed E-state index contributed by atoms with van der Waals surface area (Å²) in [7, 11) is 0. The lowest BCUT2D eigenvalue weighted by atomic mass is 10.2. The van der Waals surface area contributed by atoms with E-state index in [1.807, 2.05) is 0 Å². The van der Waals surface area contributed by atoms with E-state index in [1.54, 1.807) is 0 Å². The second-order valence-electron chi connectivity index (χ2n) is 8.18. The van der Waals surface area contributed by atoms with E-state index < -0.39 is 18.4 Å². The van der Waals surface area contributed by atoms with Gasteiger partial charge in [-0.05, 0) is 48.5 Å². The van der Waals surface area contributed by atoms with Crippen molar-refractivity contribution in [3.05, 3.63) is 74.2 Å². The summed E-state index contributed by atoms with van der Waals surface area (Å²) in [4.78, 5) is 30.0. The van der Waals surface area contributed by atoms with Crippen molar-refractivity contribution in [2.45, 2.75) is 0 Å². The van der Waals surface area contributed by atoms with Gasteiger partial charge in [0.15, 0.2) is 18.0 Å². The number of azo groups is 2. The standard InChI is InChI=1S/C25H14Cl4N6O5/c26-11-5-14-19(16(28)7-11)30-24(38)21(14)33-32-18(36)9-40-13-3-1-10(2-4-13)23(37)35-34-22-15-6-12(27)8-17(29)20(15)31-25(22)39/h1-8,30-31,38-39H,9H2. The van der Waals surface area contributed by atoms with Gasteiger partial charge < -0.3 is 24.9 Å². The number of carbonyl (C=O) groups excluding carboxylic acids is 2. The molecule has 2 heterocycles. The van der Waals surface area contributed by atoms with Gasteiger partial charge in [-0.1, -0.05) is 46.4 Å². The number of aromatic hydroxyl groups is 2. The second-order valence-corrected chi connectivity index (χ2v) is 9.86. The van der Waals surface area contributed by atoms with E-state index >= 15 is 0 Å². The average molecular weight is 620 g/mol. The molecule has 11 nitrogen and oxygen atoms in total. The molecular weight excluding hydrogens is 606 g/mol. The smallest absolute Gasteiger partial charge is 0.302 e. The van der Waals surface area contributed by atoms with Crippen molar-refractivity contribution in [1.29, 1.82) is 0 Å². The third-order valence-corrected chi connectivity index (χ3v) is 6.55. The van der Waals surface area contributed by atoms with Gasteiger partial charge in [0, 0.05) is 26.4 Å². The molecule has 0 atom stereocenters. The molecule has 0 spiro atoms. The zero-order valence-corrected chi connectivity index (χ0v) is 22.8.